The molecule has 5 rings (SSSR count). The number of nitrogens with zero attached hydrogens (tertiary/aromatic N) is 1. The van der Waals surface area contributed by atoms with Gasteiger partial charge in [-0.2, -0.15) is 0 Å². The molecule has 1 saturated heterocycles. The van der Waals surface area contributed by atoms with E-state index in [4.69, 9.17) is 42.8 Å². The molecule has 11 heteroatoms. The molecule has 188 valence electrons. The largest absolute Gasteiger partial charge is 0.493 e. The molecule has 1 fully saturated rings. The molecule has 1 N–H and O–H groups in total. The van der Waals surface area contributed by atoms with Gasteiger partial charge in [-0.1, -0.05) is 29.8 Å². The number of anilines is 1. The summed E-state index contributed by atoms with van der Waals surface area (Å²) < 4.78 is 36.4. The van der Waals surface area contributed by atoms with Gasteiger partial charge in [0.25, 0.3) is 11.8 Å². The number of thiocarbonyl (C=S) groups is 1. The summed E-state index contributed by atoms with van der Waals surface area (Å²) in [5.74, 6) is -0.323. The molecule has 2 aliphatic rings. The Labute approximate surface area is 221 Å². The first-order valence-electron chi connectivity index (χ1n) is 10.9. The fourth-order valence-electron chi connectivity index (χ4n) is 3.83. The second-order valence-electron chi connectivity index (χ2n) is 7.92. The lowest BCUT2D eigenvalue weighted by Gasteiger charge is -2.29. The van der Waals surface area contributed by atoms with Crippen LogP contribution in [0.15, 0.2) is 60.2 Å². The fraction of sp³-hybridized carbons (Fsp3) is 0.115. The standard InChI is InChI=1S/C26H18ClFN2O6S/c1-33-22-11-15(9-17(27)23(22)34-12-14-6-7-20-21(10-14)36-13-35-20)8-16-24(31)29-26(37)30(25(16)32)19-5-3-2-4-18(19)28/h2-11H,12-13H2,1H3,(H,29,31,37)/b16-8+. The number of fused-ring (bicyclic) bond motifs is 1. The zero-order valence-electron chi connectivity index (χ0n) is 19.2. The first-order chi connectivity index (χ1) is 17.9. The average Bonchev–Trinajstić information content (AvgIpc) is 3.34. The summed E-state index contributed by atoms with van der Waals surface area (Å²) in [5, 5.41) is 2.39. The number of para-hydroxylation sites is 1. The van der Waals surface area contributed by atoms with Crippen molar-refractivity contribution in [3.05, 3.63) is 82.1 Å². The van der Waals surface area contributed by atoms with Gasteiger partial charge in [0, 0.05) is 0 Å². The van der Waals surface area contributed by atoms with Crippen LogP contribution in [0.5, 0.6) is 23.0 Å². The number of nitrogens with one attached hydrogen (secondary N) is 1. The predicted molar refractivity (Wildman–Crippen MR) is 138 cm³/mol. The summed E-state index contributed by atoms with van der Waals surface area (Å²) in [7, 11) is 1.44. The minimum absolute atomic E-state index is 0.0775. The van der Waals surface area contributed by atoms with E-state index in [-0.39, 0.29) is 46.3 Å². The van der Waals surface area contributed by atoms with E-state index in [1.54, 1.807) is 24.3 Å². The van der Waals surface area contributed by atoms with E-state index >= 15 is 0 Å². The third-order valence-electron chi connectivity index (χ3n) is 5.58. The number of ether oxygens (including phenoxy) is 4. The van der Waals surface area contributed by atoms with Crippen LogP contribution in [0.3, 0.4) is 0 Å². The zero-order chi connectivity index (χ0) is 26.1. The van der Waals surface area contributed by atoms with Gasteiger partial charge in [-0.25, -0.2) is 9.29 Å². The van der Waals surface area contributed by atoms with Crippen LogP contribution < -0.4 is 29.2 Å². The molecule has 2 aliphatic heterocycles. The van der Waals surface area contributed by atoms with E-state index in [0.29, 0.717) is 17.1 Å². The van der Waals surface area contributed by atoms with E-state index < -0.39 is 17.6 Å². The number of hydrogen-bond acceptors (Lipinski definition) is 7. The molecule has 0 atom stereocenters. The highest BCUT2D eigenvalue weighted by Crippen LogP contribution is 2.39. The quantitative estimate of drug-likeness (QED) is 0.277. The van der Waals surface area contributed by atoms with Gasteiger partial charge in [0.1, 0.15) is 18.0 Å². The molecule has 3 aromatic carbocycles. The van der Waals surface area contributed by atoms with E-state index in [0.717, 1.165) is 10.5 Å². The van der Waals surface area contributed by atoms with Crippen LogP contribution in [-0.2, 0) is 16.2 Å². The van der Waals surface area contributed by atoms with Crippen LogP contribution in [0.4, 0.5) is 10.1 Å². The molecule has 0 spiro atoms. The molecular formula is C26H18ClFN2O6S. The third-order valence-corrected chi connectivity index (χ3v) is 6.14. The molecular weight excluding hydrogens is 523 g/mol. The second-order valence-corrected chi connectivity index (χ2v) is 8.71. The average molecular weight is 541 g/mol. The Morgan fingerprint density at radius 1 is 1.14 bits per heavy atom. The molecule has 0 aromatic heterocycles. The van der Waals surface area contributed by atoms with Crippen molar-refractivity contribution >= 4 is 52.5 Å². The van der Waals surface area contributed by atoms with Crippen molar-refractivity contribution in [2.24, 2.45) is 0 Å². The minimum Gasteiger partial charge on any atom is -0.493 e. The van der Waals surface area contributed by atoms with E-state index in [1.165, 1.54) is 37.5 Å². The number of carbonyl (C=O) groups is 2. The number of halogens is 2. The van der Waals surface area contributed by atoms with Crippen LogP contribution >= 0.6 is 23.8 Å². The smallest absolute Gasteiger partial charge is 0.270 e. The maximum Gasteiger partial charge on any atom is 0.270 e. The molecule has 0 aliphatic carbocycles. The van der Waals surface area contributed by atoms with E-state index in [2.05, 4.69) is 5.32 Å². The molecule has 8 nitrogen and oxygen atoms in total. The van der Waals surface area contributed by atoms with Crippen LogP contribution in [0.25, 0.3) is 6.08 Å². The first-order valence-corrected chi connectivity index (χ1v) is 11.7. The molecule has 0 bridgehead atoms. The summed E-state index contributed by atoms with van der Waals surface area (Å²) in [6.07, 6.45) is 1.32. The molecule has 37 heavy (non-hydrogen) atoms. The maximum absolute atomic E-state index is 14.4. The number of benzene rings is 3. The molecule has 0 unspecified atom stereocenters. The van der Waals surface area contributed by atoms with Crippen LogP contribution in [0.2, 0.25) is 5.02 Å². The zero-order valence-corrected chi connectivity index (χ0v) is 20.8. The monoisotopic (exact) mass is 540 g/mol. The van der Waals surface area contributed by atoms with Gasteiger partial charge in [-0.05, 0) is 65.8 Å². The Morgan fingerprint density at radius 3 is 2.70 bits per heavy atom. The Hall–Kier alpha value is -4.15. The number of methoxy groups -OCH3 is 1. The molecule has 2 heterocycles. The Kier molecular flexibility index (Phi) is 6.68. The Morgan fingerprint density at radius 2 is 1.92 bits per heavy atom. The number of carbonyl (C=O) groups excluding carboxylic acids is 2. The molecule has 3 aromatic rings. The minimum atomic E-state index is -0.780. The van der Waals surface area contributed by atoms with Crippen LogP contribution in [0, 0.1) is 5.82 Å². The summed E-state index contributed by atoms with van der Waals surface area (Å²) in [4.78, 5) is 26.7. The number of amides is 2. The van der Waals surface area contributed by atoms with Crippen molar-refractivity contribution in [1.82, 2.24) is 5.32 Å². The van der Waals surface area contributed by atoms with E-state index in [1.807, 2.05) is 6.07 Å². The highest BCUT2D eigenvalue weighted by atomic mass is 35.5. The van der Waals surface area contributed by atoms with Gasteiger partial charge in [0.05, 0.1) is 17.8 Å². The van der Waals surface area contributed by atoms with Crippen LogP contribution in [-0.4, -0.2) is 30.8 Å². The molecule has 0 radical (unpaired) electrons. The lowest BCUT2D eigenvalue weighted by Crippen LogP contribution is -2.54. The lowest BCUT2D eigenvalue weighted by atomic mass is 10.1. The van der Waals surface area contributed by atoms with Crippen molar-refractivity contribution in [3.63, 3.8) is 0 Å². The molecule has 0 saturated carbocycles. The summed E-state index contributed by atoms with van der Waals surface area (Å²) in [6.45, 7) is 0.337. The normalized spacial score (nSPS) is 15.7. The Balaban J connectivity index is 1.42. The van der Waals surface area contributed by atoms with Crippen molar-refractivity contribution in [3.8, 4) is 23.0 Å². The van der Waals surface area contributed by atoms with E-state index in [9.17, 15) is 14.0 Å². The topological polar surface area (TPSA) is 86.3 Å². The van der Waals surface area contributed by atoms with Gasteiger partial charge in [-0.15, -0.1) is 0 Å². The predicted octanol–water partition coefficient (Wildman–Crippen LogP) is 4.63. The molecule has 2 amide bonds. The SMILES string of the molecule is COc1cc(/C=C2\C(=O)NC(=S)N(c3ccccc3F)C2=O)cc(Cl)c1OCc1ccc2c(c1)OCO2. The van der Waals surface area contributed by atoms with Gasteiger partial charge < -0.3 is 18.9 Å². The number of rotatable bonds is 6. The van der Waals surface area contributed by atoms with Gasteiger partial charge >= 0.3 is 0 Å². The van der Waals surface area contributed by atoms with Gasteiger partial charge in [-0.3, -0.25) is 14.9 Å². The second kappa shape index (κ2) is 10.1. The van der Waals surface area contributed by atoms with Gasteiger partial charge in [0.15, 0.2) is 28.1 Å². The summed E-state index contributed by atoms with van der Waals surface area (Å²) in [5.41, 5.74) is 0.870. The van der Waals surface area contributed by atoms with Crippen molar-refractivity contribution < 1.29 is 32.9 Å². The third kappa shape index (κ3) is 4.81. The fourth-order valence-corrected chi connectivity index (χ4v) is 4.37. The van der Waals surface area contributed by atoms with Crippen molar-refractivity contribution in [2.75, 3.05) is 18.8 Å². The van der Waals surface area contributed by atoms with Crippen molar-refractivity contribution in [2.45, 2.75) is 6.61 Å². The van der Waals surface area contributed by atoms with Crippen LogP contribution in [0.1, 0.15) is 11.1 Å². The van der Waals surface area contributed by atoms with Crippen molar-refractivity contribution in [1.29, 1.82) is 0 Å². The number of hydrogen-bond donors (Lipinski definition) is 1. The van der Waals surface area contributed by atoms with Gasteiger partial charge in [0.2, 0.25) is 6.79 Å². The lowest BCUT2D eigenvalue weighted by molar-refractivity contribution is -0.122. The first kappa shape index (κ1) is 24.5. The summed E-state index contributed by atoms with van der Waals surface area (Å²) >= 11 is 11.6. The highest BCUT2D eigenvalue weighted by Gasteiger charge is 2.35. The Bertz CT molecular complexity index is 1480. The summed E-state index contributed by atoms with van der Waals surface area (Å²) in [6, 6.07) is 14.1. The maximum atomic E-state index is 14.4. The highest BCUT2D eigenvalue weighted by molar-refractivity contribution is 7.80.